The van der Waals surface area contributed by atoms with Crippen molar-refractivity contribution in [2.24, 2.45) is 4.99 Å². The molecule has 24 heavy (non-hydrogen) atoms. The molecule has 1 aliphatic rings. The highest BCUT2D eigenvalue weighted by molar-refractivity contribution is 6.40. The average Bonchev–Trinajstić information content (AvgIpc) is 3.11. The lowest BCUT2D eigenvalue weighted by Crippen LogP contribution is -2.35. The fourth-order valence-corrected chi connectivity index (χ4v) is 3.08. The summed E-state index contributed by atoms with van der Waals surface area (Å²) in [6, 6.07) is 11.0. The van der Waals surface area contributed by atoms with Gasteiger partial charge in [-0.2, -0.15) is 0 Å². The maximum absolute atomic E-state index is 6.43. The molecule has 7 heteroatoms. The summed E-state index contributed by atoms with van der Waals surface area (Å²) >= 11 is 12.9. The molecule has 0 saturated carbocycles. The van der Waals surface area contributed by atoms with E-state index in [1.54, 1.807) is 32.4 Å². The molecule has 0 unspecified atom stereocenters. The quantitative estimate of drug-likeness (QED) is 0.885. The second-order valence-electron chi connectivity index (χ2n) is 5.11. The molecule has 1 aliphatic heterocycles. The van der Waals surface area contributed by atoms with Gasteiger partial charge in [-0.05, 0) is 12.1 Å². The largest absolute Gasteiger partial charge is 0.497 e. The van der Waals surface area contributed by atoms with E-state index in [1.807, 2.05) is 23.1 Å². The maximum atomic E-state index is 6.43. The Kier molecular flexibility index (Phi) is 5.02. The summed E-state index contributed by atoms with van der Waals surface area (Å²) in [5.74, 6) is 2.01. The summed E-state index contributed by atoms with van der Waals surface area (Å²) in [5.41, 5.74) is 1.44. The van der Waals surface area contributed by atoms with Crippen molar-refractivity contribution in [3.05, 3.63) is 46.4 Å². The van der Waals surface area contributed by atoms with Crippen LogP contribution in [0.25, 0.3) is 0 Å². The second kappa shape index (κ2) is 7.20. The van der Waals surface area contributed by atoms with E-state index < -0.39 is 0 Å². The van der Waals surface area contributed by atoms with Crippen LogP contribution in [0, 0.1) is 0 Å². The Labute approximate surface area is 150 Å². The van der Waals surface area contributed by atoms with Gasteiger partial charge in [-0.1, -0.05) is 29.3 Å². The van der Waals surface area contributed by atoms with E-state index in [1.165, 1.54) is 0 Å². The number of anilines is 2. The van der Waals surface area contributed by atoms with E-state index in [4.69, 9.17) is 32.7 Å². The lowest BCUT2D eigenvalue weighted by molar-refractivity contribution is 0.394. The zero-order valence-electron chi connectivity index (χ0n) is 13.3. The topological polar surface area (TPSA) is 46.1 Å². The Hall–Kier alpha value is -2.11. The molecule has 0 saturated heterocycles. The molecule has 5 nitrogen and oxygen atoms in total. The zero-order valence-corrected chi connectivity index (χ0v) is 14.9. The maximum Gasteiger partial charge on any atom is 0.203 e. The summed E-state index contributed by atoms with van der Waals surface area (Å²) in [6.07, 6.45) is 0. The number of halogens is 2. The van der Waals surface area contributed by atoms with Crippen LogP contribution in [0.3, 0.4) is 0 Å². The number of rotatable bonds is 4. The molecule has 1 heterocycles. The number of nitrogens with one attached hydrogen (secondary N) is 1. The van der Waals surface area contributed by atoms with E-state index in [2.05, 4.69) is 10.3 Å². The summed E-state index contributed by atoms with van der Waals surface area (Å²) in [5, 5.41) is 4.32. The van der Waals surface area contributed by atoms with Crippen molar-refractivity contribution in [2.45, 2.75) is 0 Å². The molecule has 0 fully saturated rings. The predicted octanol–water partition coefficient (Wildman–Crippen LogP) is 4.11. The Morgan fingerprint density at radius 2 is 1.67 bits per heavy atom. The van der Waals surface area contributed by atoms with E-state index in [-0.39, 0.29) is 0 Å². The van der Waals surface area contributed by atoms with Gasteiger partial charge in [0.2, 0.25) is 5.96 Å². The number of benzene rings is 2. The number of para-hydroxylation sites is 1. The van der Waals surface area contributed by atoms with Gasteiger partial charge in [-0.25, -0.2) is 0 Å². The van der Waals surface area contributed by atoms with Gasteiger partial charge in [-0.15, -0.1) is 0 Å². The third-order valence-corrected chi connectivity index (χ3v) is 4.23. The molecule has 0 aliphatic carbocycles. The van der Waals surface area contributed by atoms with Crippen LogP contribution < -0.4 is 19.7 Å². The lowest BCUT2D eigenvalue weighted by atomic mass is 10.2. The highest BCUT2D eigenvalue weighted by atomic mass is 35.5. The van der Waals surface area contributed by atoms with Gasteiger partial charge in [-0.3, -0.25) is 9.89 Å². The van der Waals surface area contributed by atoms with E-state index >= 15 is 0 Å². The minimum atomic E-state index is 0.528. The number of hydrogen-bond acceptors (Lipinski definition) is 5. The molecule has 0 atom stereocenters. The van der Waals surface area contributed by atoms with Gasteiger partial charge < -0.3 is 14.8 Å². The van der Waals surface area contributed by atoms with Crippen molar-refractivity contribution in [2.75, 3.05) is 32.2 Å². The van der Waals surface area contributed by atoms with Gasteiger partial charge in [0.05, 0.1) is 42.2 Å². The third-order valence-electron chi connectivity index (χ3n) is 3.62. The number of aliphatic imine (C=N–C) groups is 1. The standard InChI is InChI=1S/C17H17Cl2N3O2/c1-23-12-8-11(9-13(10-12)24-2)22(17-20-6-7-21-17)16-14(18)4-3-5-15(16)19/h3-5,8-10H,6-7H2,1-2H3,(H,20,21). The van der Waals surface area contributed by atoms with Gasteiger partial charge in [0.1, 0.15) is 11.5 Å². The van der Waals surface area contributed by atoms with Crippen molar-refractivity contribution in [3.8, 4) is 11.5 Å². The first-order valence-corrected chi connectivity index (χ1v) is 8.15. The van der Waals surface area contributed by atoms with Crippen molar-refractivity contribution >= 4 is 40.5 Å². The van der Waals surface area contributed by atoms with Crippen LogP contribution in [-0.4, -0.2) is 33.3 Å². The number of ether oxygens (including phenoxy) is 2. The Balaban J connectivity index is 2.19. The van der Waals surface area contributed by atoms with Gasteiger partial charge in [0.15, 0.2) is 0 Å². The molecule has 0 amide bonds. The lowest BCUT2D eigenvalue weighted by Gasteiger charge is -2.27. The SMILES string of the molecule is COc1cc(OC)cc(N(C2=NCCN2)c2c(Cl)cccc2Cl)c1. The number of hydrogen-bond donors (Lipinski definition) is 1. The zero-order chi connectivity index (χ0) is 17.1. The van der Waals surface area contributed by atoms with E-state index in [0.29, 0.717) is 39.7 Å². The highest BCUT2D eigenvalue weighted by Crippen LogP contribution is 2.40. The van der Waals surface area contributed by atoms with Crippen LogP contribution in [0.4, 0.5) is 11.4 Å². The molecule has 0 bridgehead atoms. The van der Waals surface area contributed by atoms with Crippen molar-refractivity contribution in [1.29, 1.82) is 0 Å². The van der Waals surface area contributed by atoms with Crippen LogP contribution in [0.2, 0.25) is 10.0 Å². The minimum absolute atomic E-state index is 0.528. The predicted molar refractivity (Wildman–Crippen MR) is 98.5 cm³/mol. The highest BCUT2D eigenvalue weighted by Gasteiger charge is 2.24. The molecular weight excluding hydrogens is 349 g/mol. The van der Waals surface area contributed by atoms with Gasteiger partial charge in [0, 0.05) is 24.7 Å². The van der Waals surface area contributed by atoms with Gasteiger partial charge >= 0.3 is 0 Å². The Morgan fingerprint density at radius 3 is 2.17 bits per heavy atom. The molecule has 3 rings (SSSR count). The molecule has 0 spiro atoms. The molecule has 2 aromatic rings. The number of methoxy groups -OCH3 is 2. The fourth-order valence-electron chi connectivity index (χ4n) is 2.52. The summed E-state index contributed by atoms with van der Waals surface area (Å²) in [4.78, 5) is 6.39. The van der Waals surface area contributed by atoms with Crippen LogP contribution in [0.1, 0.15) is 0 Å². The fraction of sp³-hybridized carbons (Fsp3) is 0.235. The van der Waals surface area contributed by atoms with Crippen LogP contribution in [0.15, 0.2) is 41.4 Å². The first-order valence-electron chi connectivity index (χ1n) is 7.39. The molecule has 126 valence electrons. The van der Waals surface area contributed by atoms with Crippen molar-refractivity contribution < 1.29 is 9.47 Å². The first-order chi connectivity index (χ1) is 11.6. The Morgan fingerprint density at radius 1 is 1.04 bits per heavy atom. The second-order valence-corrected chi connectivity index (χ2v) is 5.92. The van der Waals surface area contributed by atoms with E-state index in [0.717, 1.165) is 12.2 Å². The van der Waals surface area contributed by atoms with Gasteiger partial charge in [0.25, 0.3) is 0 Å². The first kappa shape index (κ1) is 16.7. The van der Waals surface area contributed by atoms with Crippen LogP contribution in [0.5, 0.6) is 11.5 Å². The minimum Gasteiger partial charge on any atom is -0.497 e. The summed E-state index contributed by atoms with van der Waals surface area (Å²) in [6.45, 7) is 1.45. The molecule has 1 N–H and O–H groups in total. The Bertz CT molecular complexity index is 738. The number of guanidine groups is 1. The molecular formula is C17H17Cl2N3O2. The average molecular weight is 366 g/mol. The summed E-state index contributed by atoms with van der Waals surface area (Å²) < 4.78 is 10.7. The molecule has 2 aromatic carbocycles. The molecule has 0 aromatic heterocycles. The van der Waals surface area contributed by atoms with Crippen LogP contribution in [-0.2, 0) is 0 Å². The smallest absolute Gasteiger partial charge is 0.203 e. The van der Waals surface area contributed by atoms with Crippen molar-refractivity contribution in [1.82, 2.24) is 5.32 Å². The third kappa shape index (κ3) is 3.23. The number of nitrogens with zero attached hydrogens (tertiary/aromatic N) is 2. The monoisotopic (exact) mass is 365 g/mol. The van der Waals surface area contributed by atoms with Crippen molar-refractivity contribution in [3.63, 3.8) is 0 Å². The van der Waals surface area contributed by atoms with E-state index in [9.17, 15) is 0 Å². The normalized spacial score (nSPS) is 13.2. The van der Waals surface area contributed by atoms with Crippen LogP contribution >= 0.6 is 23.2 Å². The summed E-state index contributed by atoms with van der Waals surface area (Å²) in [7, 11) is 3.22. The molecule has 0 radical (unpaired) electrons.